The van der Waals surface area contributed by atoms with Gasteiger partial charge in [0.2, 0.25) is 5.52 Å². The maximum absolute atomic E-state index is 14.2. The lowest BCUT2D eigenvalue weighted by atomic mass is 9.94. The van der Waals surface area contributed by atoms with Crippen LogP contribution in [-0.4, -0.2) is 4.40 Å². The zero-order valence-electron chi connectivity index (χ0n) is 15.5. The predicted molar refractivity (Wildman–Crippen MR) is 109 cm³/mol. The third-order valence-electron chi connectivity index (χ3n) is 6.15. The molecule has 3 heteroatoms. The number of pyridine rings is 2. The monoisotopic (exact) mass is 353 g/mol. The van der Waals surface area contributed by atoms with Gasteiger partial charge >= 0.3 is 0 Å². The second-order valence-electron chi connectivity index (χ2n) is 7.60. The van der Waals surface area contributed by atoms with Crippen LogP contribution in [0.15, 0.2) is 54.7 Å². The van der Waals surface area contributed by atoms with Gasteiger partial charge in [0.05, 0.1) is 16.4 Å². The van der Waals surface area contributed by atoms with Crippen molar-refractivity contribution in [2.24, 2.45) is 7.05 Å². The van der Waals surface area contributed by atoms with E-state index in [1.54, 1.807) is 12.1 Å². The van der Waals surface area contributed by atoms with E-state index in [0.717, 1.165) is 21.9 Å². The molecule has 0 fully saturated rings. The lowest BCUT2D eigenvalue weighted by Crippen LogP contribution is -2.29. The van der Waals surface area contributed by atoms with E-state index in [2.05, 4.69) is 66.4 Å². The SMILES string of the molecule is Cc1cc2cccc3c2c(c1C)c1c2c(cc[n+]1C)c1ccc(F)cc1n32. The van der Waals surface area contributed by atoms with Crippen molar-refractivity contribution >= 4 is 49.0 Å². The number of aryl methyl sites for hydroxylation is 3. The van der Waals surface area contributed by atoms with Gasteiger partial charge in [0.1, 0.15) is 18.4 Å². The lowest BCUT2D eigenvalue weighted by molar-refractivity contribution is -0.644. The highest BCUT2D eigenvalue weighted by Gasteiger charge is 2.24. The zero-order valence-corrected chi connectivity index (χ0v) is 15.5. The summed E-state index contributed by atoms with van der Waals surface area (Å²) < 4.78 is 18.6. The van der Waals surface area contributed by atoms with E-state index < -0.39 is 0 Å². The van der Waals surface area contributed by atoms with Crippen molar-refractivity contribution in [3.63, 3.8) is 0 Å². The second kappa shape index (κ2) is 4.74. The topological polar surface area (TPSA) is 8.29 Å². The summed E-state index contributed by atoms with van der Waals surface area (Å²) >= 11 is 0. The van der Waals surface area contributed by atoms with Crippen LogP contribution in [0.2, 0.25) is 0 Å². The summed E-state index contributed by atoms with van der Waals surface area (Å²) in [4.78, 5) is 0. The Morgan fingerprint density at radius 3 is 2.59 bits per heavy atom. The van der Waals surface area contributed by atoms with Gasteiger partial charge in [0.25, 0.3) is 0 Å². The quantitative estimate of drug-likeness (QED) is 0.192. The summed E-state index contributed by atoms with van der Waals surface area (Å²) in [5.41, 5.74) is 7.02. The molecule has 0 atom stereocenters. The van der Waals surface area contributed by atoms with Crippen molar-refractivity contribution in [1.82, 2.24) is 4.40 Å². The summed E-state index contributed by atoms with van der Waals surface area (Å²) in [6.07, 6.45) is 2.12. The van der Waals surface area contributed by atoms with Gasteiger partial charge in [-0.3, -0.25) is 0 Å². The molecule has 0 aliphatic carbocycles. The van der Waals surface area contributed by atoms with Crippen LogP contribution < -0.4 is 4.57 Å². The number of hydrogen-bond acceptors (Lipinski definition) is 0. The highest BCUT2D eigenvalue weighted by Crippen LogP contribution is 2.40. The molecule has 0 N–H and O–H groups in total. The van der Waals surface area contributed by atoms with Crippen LogP contribution in [0.3, 0.4) is 0 Å². The van der Waals surface area contributed by atoms with Crippen LogP contribution in [0.4, 0.5) is 4.39 Å². The van der Waals surface area contributed by atoms with Crippen molar-refractivity contribution in [3.05, 3.63) is 71.7 Å². The highest BCUT2D eigenvalue weighted by molar-refractivity contribution is 6.25. The molecule has 6 aromatic rings. The molecule has 3 aromatic carbocycles. The molecule has 0 aliphatic rings. The summed E-state index contributed by atoms with van der Waals surface area (Å²) in [5.74, 6) is -0.203. The molecule has 0 bridgehead atoms. The first-order valence-corrected chi connectivity index (χ1v) is 9.22. The molecule has 0 saturated carbocycles. The predicted octanol–water partition coefficient (Wildman–Crippen LogP) is 5.57. The van der Waals surface area contributed by atoms with E-state index in [-0.39, 0.29) is 5.82 Å². The van der Waals surface area contributed by atoms with Crippen LogP contribution >= 0.6 is 0 Å². The number of rotatable bonds is 0. The van der Waals surface area contributed by atoms with E-state index in [1.165, 1.54) is 38.2 Å². The number of fused-ring (bicyclic) bond motifs is 5. The Kier molecular flexibility index (Phi) is 2.62. The molecule has 2 nitrogen and oxygen atoms in total. The first-order chi connectivity index (χ1) is 13.1. The Bertz CT molecular complexity index is 1560. The van der Waals surface area contributed by atoms with Gasteiger partial charge in [0, 0.05) is 22.2 Å². The van der Waals surface area contributed by atoms with Crippen molar-refractivity contribution in [2.45, 2.75) is 13.8 Å². The Balaban J connectivity index is 2.15. The van der Waals surface area contributed by atoms with Gasteiger partial charge in [0.15, 0.2) is 6.20 Å². The lowest BCUT2D eigenvalue weighted by Gasteiger charge is -2.14. The van der Waals surface area contributed by atoms with Crippen LogP contribution in [0.25, 0.3) is 49.0 Å². The summed E-state index contributed by atoms with van der Waals surface area (Å²) in [7, 11) is 2.10. The summed E-state index contributed by atoms with van der Waals surface area (Å²) in [6.45, 7) is 4.38. The second-order valence-corrected chi connectivity index (χ2v) is 7.60. The molecular formula is C24H18FN2+. The minimum Gasteiger partial charge on any atom is -0.303 e. The standard InChI is InChI=1S/C24H18FN2/c1-13-11-15-5-4-6-19-22(15)21(14(13)2)24-23-18(9-10-26(24)3)17-8-7-16(25)12-20(17)27(19)23/h4-12H,1-3H3/q+1. The van der Waals surface area contributed by atoms with Crippen molar-refractivity contribution < 1.29 is 8.96 Å². The summed E-state index contributed by atoms with van der Waals surface area (Å²) in [6, 6.07) is 15.9. The molecule has 3 heterocycles. The molecule has 0 saturated heterocycles. The van der Waals surface area contributed by atoms with E-state index in [9.17, 15) is 4.39 Å². The Labute approximate surface area is 155 Å². The first-order valence-electron chi connectivity index (χ1n) is 9.22. The fourth-order valence-corrected chi connectivity index (χ4v) is 4.82. The van der Waals surface area contributed by atoms with Gasteiger partial charge in [-0.15, -0.1) is 0 Å². The molecule has 0 radical (unpaired) electrons. The number of hydrogen-bond donors (Lipinski definition) is 0. The van der Waals surface area contributed by atoms with E-state index in [4.69, 9.17) is 0 Å². The number of nitrogens with zero attached hydrogens (tertiary/aromatic N) is 2. The van der Waals surface area contributed by atoms with E-state index in [0.29, 0.717) is 0 Å². The van der Waals surface area contributed by atoms with Crippen molar-refractivity contribution in [3.8, 4) is 0 Å². The fourth-order valence-electron chi connectivity index (χ4n) is 4.82. The number of halogens is 1. The van der Waals surface area contributed by atoms with Crippen molar-refractivity contribution in [2.75, 3.05) is 0 Å². The largest absolute Gasteiger partial charge is 0.303 e. The first kappa shape index (κ1) is 14.9. The third-order valence-corrected chi connectivity index (χ3v) is 6.15. The molecular weight excluding hydrogens is 335 g/mol. The highest BCUT2D eigenvalue weighted by atomic mass is 19.1. The Morgan fingerprint density at radius 1 is 0.889 bits per heavy atom. The number of benzene rings is 3. The van der Waals surface area contributed by atoms with Crippen LogP contribution in [-0.2, 0) is 7.05 Å². The van der Waals surface area contributed by atoms with E-state index in [1.807, 2.05) is 6.07 Å². The summed E-state index contributed by atoms with van der Waals surface area (Å²) in [5, 5.41) is 6.03. The molecule has 27 heavy (non-hydrogen) atoms. The molecule has 3 aromatic heterocycles. The Hall–Kier alpha value is -3.20. The molecule has 0 spiro atoms. The molecule has 0 aliphatic heterocycles. The van der Waals surface area contributed by atoms with Gasteiger partial charge in [-0.05, 0) is 54.6 Å². The minimum atomic E-state index is -0.203. The maximum atomic E-state index is 14.2. The van der Waals surface area contributed by atoms with Gasteiger partial charge in [-0.25, -0.2) is 4.39 Å². The van der Waals surface area contributed by atoms with Gasteiger partial charge in [-0.2, -0.15) is 4.57 Å². The minimum absolute atomic E-state index is 0.203. The van der Waals surface area contributed by atoms with Crippen LogP contribution in [0.5, 0.6) is 0 Å². The smallest absolute Gasteiger partial charge is 0.238 e. The van der Waals surface area contributed by atoms with Crippen molar-refractivity contribution in [1.29, 1.82) is 0 Å². The van der Waals surface area contributed by atoms with Gasteiger partial charge < -0.3 is 4.40 Å². The Morgan fingerprint density at radius 2 is 1.74 bits per heavy atom. The number of aromatic nitrogens is 2. The average molecular weight is 353 g/mol. The molecule has 6 rings (SSSR count). The molecule has 0 unspecified atom stereocenters. The zero-order chi connectivity index (χ0) is 18.4. The maximum Gasteiger partial charge on any atom is 0.238 e. The van der Waals surface area contributed by atoms with Crippen LogP contribution in [0, 0.1) is 19.7 Å². The molecule has 130 valence electrons. The fraction of sp³-hybridized carbons (Fsp3) is 0.125. The van der Waals surface area contributed by atoms with Gasteiger partial charge in [-0.1, -0.05) is 18.2 Å². The van der Waals surface area contributed by atoms with E-state index >= 15 is 0 Å². The third kappa shape index (κ3) is 1.67. The van der Waals surface area contributed by atoms with Crippen LogP contribution in [0.1, 0.15) is 11.1 Å². The normalized spacial score (nSPS) is 12.4. The average Bonchev–Trinajstić information content (AvgIpc) is 2.97. The molecule has 0 amide bonds.